The van der Waals surface area contributed by atoms with Gasteiger partial charge in [-0.15, -0.1) is 0 Å². The summed E-state index contributed by atoms with van der Waals surface area (Å²) in [6, 6.07) is 7.81. The van der Waals surface area contributed by atoms with Gasteiger partial charge in [0, 0.05) is 37.0 Å². The van der Waals surface area contributed by atoms with E-state index in [-0.39, 0.29) is 17.9 Å². The van der Waals surface area contributed by atoms with Crippen LogP contribution in [0.15, 0.2) is 28.8 Å². The molecule has 1 saturated heterocycles. The zero-order chi connectivity index (χ0) is 17.4. The minimum absolute atomic E-state index is 0.0623. The lowest BCUT2D eigenvalue weighted by atomic mass is 9.95. The first-order valence-electron chi connectivity index (χ1n) is 8.83. The Balaban J connectivity index is 1.54. The molecule has 1 fully saturated rings. The van der Waals surface area contributed by atoms with Crippen molar-refractivity contribution in [3.05, 3.63) is 46.8 Å². The lowest BCUT2D eigenvalue weighted by Crippen LogP contribution is -2.33. The molecule has 0 spiro atoms. The van der Waals surface area contributed by atoms with E-state index in [1.54, 1.807) is 7.11 Å². The molecule has 1 aliphatic carbocycles. The second-order valence-electron chi connectivity index (χ2n) is 6.90. The summed E-state index contributed by atoms with van der Waals surface area (Å²) in [5.41, 5.74) is 8.92. The highest BCUT2D eigenvalue weighted by Gasteiger charge is 2.37. The molecule has 6 heteroatoms. The van der Waals surface area contributed by atoms with Gasteiger partial charge in [0.1, 0.15) is 11.5 Å². The SMILES string of the molecule is COc1cccc([C@H]2CN(C(=O)c3noc4c3CCCC4)C[C@@H]2N)c1. The second kappa shape index (κ2) is 6.52. The van der Waals surface area contributed by atoms with E-state index in [0.29, 0.717) is 18.8 Å². The third-order valence-electron chi connectivity index (χ3n) is 5.33. The molecule has 2 aromatic rings. The van der Waals surface area contributed by atoms with Gasteiger partial charge in [0.15, 0.2) is 5.69 Å². The maximum Gasteiger partial charge on any atom is 0.276 e. The molecule has 1 aromatic carbocycles. The summed E-state index contributed by atoms with van der Waals surface area (Å²) in [6.07, 6.45) is 3.93. The number of carbonyl (C=O) groups is 1. The number of ether oxygens (including phenoxy) is 1. The summed E-state index contributed by atoms with van der Waals surface area (Å²) >= 11 is 0. The highest BCUT2D eigenvalue weighted by molar-refractivity contribution is 5.94. The molecular weight excluding hydrogens is 318 g/mol. The number of aromatic nitrogens is 1. The molecule has 2 heterocycles. The fourth-order valence-electron chi connectivity index (χ4n) is 3.92. The zero-order valence-electron chi connectivity index (χ0n) is 14.4. The van der Waals surface area contributed by atoms with Crippen LogP contribution in [0.5, 0.6) is 5.75 Å². The van der Waals surface area contributed by atoms with E-state index in [9.17, 15) is 4.79 Å². The van der Waals surface area contributed by atoms with Crippen molar-refractivity contribution < 1.29 is 14.1 Å². The van der Waals surface area contributed by atoms with Crippen molar-refractivity contribution >= 4 is 5.91 Å². The van der Waals surface area contributed by atoms with E-state index in [1.165, 1.54) is 0 Å². The van der Waals surface area contributed by atoms with Gasteiger partial charge < -0.3 is 19.9 Å². The normalized spacial score (nSPS) is 22.7. The Morgan fingerprint density at radius 1 is 1.32 bits per heavy atom. The minimum Gasteiger partial charge on any atom is -0.497 e. The Bertz CT molecular complexity index is 786. The average Bonchev–Trinajstić information content (AvgIpc) is 3.25. The standard InChI is InChI=1S/C19H23N3O3/c1-24-13-6-4-5-12(9-13)15-10-22(11-16(15)20)19(23)18-14-7-2-3-8-17(14)25-21-18/h4-6,9,15-16H,2-3,7-8,10-11,20H2,1H3/t15-,16+/m1/s1. The highest BCUT2D eigenvalue weighted by atomic mass is 16.5. The van der Waals surface area contributed by atoms with Gasteiger partial charge in [-0.25, -0.2) is 0 Å². The van der Waals surface area contributed by atoms with Crippen molar-refractivity contribution in [2.24, 2.45) is 5.73 Å². The number of likely N-dealkylation sites (tertiary alicyclic amines) is 1. The number of amides is 1. The molecule has 4 rings (SSSR count). The smallest absolute Gasteiger partial charge is 0.276 e. The number of rotatable bonds is 3. The molecular formula is C19H23N3O3. The van der Waals surface area contributed by atoms with E-state index in [4.69, 9.17) is 15.0 Å². The highest BCUT2D eigenvalue weighted by Crippen LogP contribution is 2.31. The van der Waals surface area contributed by atoms with Crippen LogP contribution in [-0.2, 0) is 12.8 Å². The number of methoxy groups -OCH3 is 1. The number of hydrogen-bond donors (Lipinski definition) is 1. The monoisotopic (exact) mass is 341 g/mol. The fourth-order valence-corrected chi connectivity index (χ4v) is 3.92. The topological polar surface area (TPSA) is 81.6 Å². The van der Waals surface area contributed by atoms with Crippen LogP contribution >= 0.6 is 0 Å². The average molecular weight is 341 g/mol. The fraction of sp³-hybridized carbons (Fsp3) is 0.474. The molecule has 0 radical (unpaired) electrons. The van der Waals surface area contributed by atoms with Crippen molar-refractivity contribution in [1.29, 1.82) is 0 Å². The molecule has 2 atom stereocenters. The van der Waals surface area contributed by atoms with Gasteiger partial charge in [-0.05, 0) is 37.0 Å². The van der Waals surface area contributed by atoms with E-state index in [1.807, 2.05) is 29.2 Å². The Hall–Kier alpha value is -2.34. The number of nitrogens with two attached hydrogens (primary N) is 1. The first-order valence-corrected chi connectivity index (χ1v) is 8.83. The summed E-state index contributed by atoms with van der Waals surface area (Å²) < 4.78 is 10.7. The number of benzene rings is 1. The van der Waals surface area contributed by atoms with Crippen LogP contribution in [0.3, 0.4) is 0 Å². The van der Waals surface area contributed by atoms with Crippen molar-refractivity contribution in [2.45, 2.75) is 37.6 Å². The van der Waals surface area contributed by atoms with Crippen LogP contribution in [0.2, 0.25) is 0 Å². The van der Waals surface area contributed by atoms with Crippen molar-refractivity contribution in [3.8, 4) is 5.75 Å². The van der Waals surface area contributed by atoms with Crippen molar-refractivity contribution in [2.75, 3.05) is 20.2 Å². The summed E-state index contributed by atoms with van der Waals surface area (Å²) in [6.45, 7) is 1.12. The summed E-state index contributed by atoms with van der Waals surface area (Å²) in [4.78, 5) is 14.8. The summed E-state index contributed by atoms with van der Waals surface area (Å²) in [7, 11) is 1.65. The number of hydrogen-bond acceptors (Lipinski definition) is 5. The van der Waals surface area contributed by atoms with Crippen molar-refractivity contribution in [1.82, 2.24) is 10.1 Å². The minimum atomic E-state index is -0.0983. The molecule has 1 amide bonds. The first-order chi connectivity index (χ1) is 12.2. The molecule has 25 heavy (non-hydrogen) atoms. The molecule has 132 valence electrons. The maximum atomic E-state index is 12.9. The molecule has 0 saturated carbocycles. The van der Waals surface area contributed by atoms with E-state index in [2.05, 4.69) is 5.16 Å². The first kappa shape index (κ1) is 16.1. The largest absolute Gasteiger partial charge is 0.497 e. The van der Waals surface area contributed by atoms with Gasteiger partial charge >= 0.3 is 0 Å². The van der Waals surface area contributed by atoms with Crippen LogP contribution in [0.4, 0.5) is 0 Å². The summed E-state index contributed by atoms with van der Waals surface area (Å²) in [5, 5.41) is 4.07. The molecule has 0 unspecified atom stereocenters. The zero-order valence-corrected chi connectivity index (χ0v) is 14.4. The molecule has 2 N–H and O–H groups in total. The van der Waals surface area contributed by atoms with Gasteiger partial charge in [0.05, 0.1) is 7.11 Å². The number of carbonyl (C=O) groups excluding carboxylic acids is 1. The van der Waals surface area contributed by atoms with Gasteiger partial charge in [-0.3, -0.25) is 4.79 Å². The quantitative estimate of drug-likeness (QED) is 0.925. The van der Waals surface area contributed by atoms with Crippen LogP contribution in [0, 0.1) is 0 Å². The van der Waals surface area contributed by atoms with Crippen LogP contribution in [0.25, 0.3) is 0 Å². The molecule has 2 aliphatic rings. The van der Waals surface area contributed by atoms with Gasteiger partial charge in [0.2, 0.25) is 0 Å². The van der Waals surface area contributed by atoms with E-state index in [0.717, 1.165) is 48.3 Å². The third-order valence-corrected chi connectivity index (χ3v) is 5.33. The predicted molar refractivity (Wildman–Crippen MR) is 92.8 cm³/mol. The Morgan fingerprint density at radius 2 is 2.16 bits per heavy atom. The summed E-state index contributed by atoms with van der Waals surface area (Å²) in [5.74, 6) is 1.72. The molecule has 1 aromatic heterocycles. The lowest BCUT2D eigenvalue weighted by Gasteiger charge is -2.17. The van der Waals surface area contributed by atoms with Crippen LogP contribution in [-0.4, -0.2) is 42.2 Å². The predicted octanol–water partition coefficient (Wildman–Crippen LogP) is 2.13. The number of fused-ring (bicyclic) bond motifs is 1. The van der Waals surface area contributed by atoms with E-state index < -0.39 is 0 Å². The maximum absolute atomic E-state index is 12.9. The Kier molecular flexibility index (Phi) is 4.21. The van der Waals surface area contributed by atoms with Gasteiger partial charge in [-0.2, -0.15) is 0 Å². The van der Waals surface area contributed by atoms with Crippen LogP contribution < -0.4 is 10.5 Å². The Morgan fingerprint density at radius 3 is 3.00 bits per heavy atom. The van der Waals surface area contributed by atoms with Crippen LogP contribution in [0.1, 0.15) is 46.1 Å². The second-order valence-corrected chi connectivity index (χ2v) is 6.90. The molecule has 6 nitrogen and oxygen atoms in total. The number of aryl methyl sites for hydroxylation is 1. The molecule has 0 bridgehead atoms. The van der Waals surface area contributed by atoms with Gasteiger partial charge in [0.25, 0.3) is 5.91 Å². The van der Waals surface area contributed by atoms with Crippen molar-refractivity contribution in [3.63, 3.8) is 0 Å². The third kappa shape index (κ3) is 2.91. The van der Waals surface area contributed by atoms with E-state index >= 15 is 0 Å². The van der Waals surface area contributed by atoms with Gasteiger partial charge in [-0.1, -0.05) is 17.3 Å². The lowest BCUT2D eigenvalue weighted by molar-refractivity contribution is 0.0778. The number of nitrogens with zero attached hydrogens (tertiary/aromatic N) is 2. The molecule has 1 aliphatic heterocycles. The Labute approximate surface area is 146 Å².